The highest BCUT2D eigenvalue weighted by Gasteiger charge is 2.08. The molecule has 0 aliphatic rings. The first-order valence-corrected chi connectivity index (χ1v) is 10.2. The number of hydrogen-bond donors (Lipinski definition) is 0. The highest BCUT2D eigenvalue weighted by atomic mass is 16.5. The minimum absolute atomic E-state index is 0.305. The highest BCUT2D eigenvalue weighted by molar-refractivity contribution is 5.65. The van der Waals surface area contributed by atoms with Gasteiger partial charge >= 0.3 is 0 Å². The third-order valence-electron chi connectivity index (χ3n) is 4.83. The van der Waals surface area contributed by atoms with Crippen LogP contribution in [0.2, 0.25) is 0 Å². The molecule has 2 aromatic heterocycles. The third kappa shape index (κ3) is 5.85. The van der Waals surface area contributed by atoms with E-state index in [4.69, 9.17) is 13.9 Å². The molecule has 2 heterocycles. The lowest BCUT2D eigenvalue weighted by molar-refractivity contribution is 0.280. The molecular weight excluding hydrogens is 390 g/mol. The monoisotopic (exact) mass is 415 g/mol. The topological polar surface area (TPSA) is 62.3 Å². The van der Waals surface area contributed by atoms with Crippen LogP contribution in [-0.2, 0) is 19.6 Å². The van der Waals surface area contributed by atoms with Crippen molar-refractivity contribution in [3.05, 3.63) is 96.2 Å². The number of nitrogens with zero attached hydrogens (tertiary/aromatic N) is 3. The van der Waals surface area contributed by atoms with E-state index in [1.54, 1.807) is 19.6 Å². The Morgan fingerprint density at radius 3 is 2.77 bits per heavy atom. The largest absolute Gasteiger partial charge is 0.493 e. The van der Waals surface area contributed by atoms with Crippen LogP contribution in [0.5, 0.6) is 11.5 Å². The fourth-order valence-electron chi connectivity index (χ4n) is 3.22. The van der Waals surface area contributed by atoms with Crippen LogP contribution >= 0.6 is 0 Å². The molecule has 31 heavy (non-hydrogen) atoms. The Morgan fingerprint density at radius 1 is 1.06 bits per heavy atom. The summed E-state index contributed by atoms with van der Waals surface area (Å²) in [6.07, 6.45) is 13.0. The number of benzene rings is 2. The lowest BCUT2D eigenvalue weighted by Gasteiger charge is -2.11. The molecule has 0 N–H and O–H groups in total. The summed E-state index contributed by atoms with van der Waals surface area (Å²) in [4.78, 5) is 8.52. The first-order valence-electron chi connectivity index (χ1n) is 10.2. The van der Waals surface area contributed by atoms with Crippen molar-refractivity contribution in [2.24, 2.45) is 0 Å². The van der Waals surface area contributed by atoms with E-state index in [0.717, 1.165) is 30.6 Å². The van der Waals surface area contributed by atoms with Gasteiger partial charge in [0.2, 0.25) is 5.89 Å². The van der Waals surface area contributed by atoms with Crippen LogP contribution in [0.4, 0.5) is 0 Å². The van der Waals surface area contributed by atoms with Crippen LogP contribution in [0.15, 0.2) is 77.9 Å². The van der Waals surface area contributed by atoms with Gasteiger partial charge in [0.25, 0.3) is 0 Å². The zero-order valence-corrected chi connectivity index (χ0v) is 17.5. The lowest BCUT2D eigenvalue weighted by atomic mass is 10.1. The first kappa shape index (κ1) is 20.5. The molecule has 6 nitrogen and oxygen atoms in total. The predicted octanol–water partition coefficient (Wildman–Crippen LogP) is 5.26. The fraction of sp³-hybridized carbons (Fsp3) is 0.200. The second-order valence-corrected chi connectivity index (χ2v) is 7.10. The Balaban J connectivity index is 1.31. The Morgan fingerprint density at radius 2 is 1.97 bits per heavy atom. The SMILES string of the molecule is COc1cc(CCCn2ccnc2)ccc1OCc1coc(/C=C/c2ccccc2)n1. The average molecular weight is 415 g/mol. The molecule has 0 fully saturated rings. The molecule has 0 saturated heterocycles. The molecule has 0 saturated carbocycles. The second-order valence-electron chi connectivity index (χ2n) is 7.10. The number of aromatic nitrogens is 3. The summed E-state index contributed by atoms with van der Waals surface area (Å²) in [7, 11) is 1.65. The van der Waals surface area contributed by atoms with Crippen LogP contribution in [0, 0.1) is 0 Å². The van der Waals surface area contributed by atoms with Crippen molar-refractivity contribution < 1.29 is 13.9 Å². The molecule has 0 aliphatic heterocycles. The number of oxazole rings is 1. The molecule has 0 aliphatic carbocycles. The van der Waals surface area contributed by atoms with E-state index < -0.39 is 0 Å². The Labute approximate surface area is 181 Å². The van der Waals surface area contributed by atoms with Gasteiger partial charge in [0.05, 0.1) is 13.4 Å². The number of methoxy groups -OCH3 is 1. The van der Waals surface area contributed by atoms with Crippen LogP contribution in [-0.4, -0.2) is 21.6 Å². The van der Waals surface area contributed by atoms with Gasteiger partial charge in [-0.1, -0.05) is 36.4 Å². The van der Waals surface area contributed by atoms with Gasteiger partial charge in [-0.3, -0.25) is 0 Å². The van der Waals surface area contributed by atoms with E-state index in [0.29, 0.717) is 24.0 Å². The van der Waals surface area contributed by atoms with Gasteiger partial charge in [-0.15, -0.1) is 0 Å². The molecule has 158 valence electrons. The Bertz CT molecular complexity index is 1100. The maximum Gasteiger partial charge on any atom is 0.218 e. The maximum atomic E-state index is 5.92. The lowest BCUT2D eigenvalue weighted by Crippen LogP contribution is -2.00. The Hall–Kier alpha value is -3.80. The summed E-state index contributed by atoms with van der Waals surface area (Å²) in [6, 6.07) is 16.1. The summed E-state index contributed by atoms with van der Waals surface area (Å²) in [5.74, 6) is 1.95. The second kappa shape index (κ2) is 10.3. The first-order chi connectivity index (χ1) is 15.3. The molecule has 2 aromatic carbocycles. The van der Waals surface area contributed by atoms with Crippen LogP contribution < -0.4 is 9.47 Å². The van der Waals surface area contributed by atoms with Gasteiger partial charge in [-0.05, 0) is 42.2 Å². The van der Waals surface area contributed by atoms with Crippen molar-refractivity contribution in [2.45, 2.75) is 26.0 Å². The minimum atomic E-state index is 0.305. The summed E-state index contributed by atoms with van der Waals surface area (Å²) < 4.78 is 19.0. The molecule has 4 rings (SSSR count). The van der Waals surface area contributed by atoms with E-state index in [-0.39, 0.29) is 0 Å². The van der Waals surface area contributed by atoms with Gasteiger partial charge < -0.3 is 18.5 Å². The molecule has 0 bridgehead atoms. The van der Waals surface area contributed by atoms with Crippen LogP contribution in [0.3, 0.4) is 0 Å². The van der Waals surface area contributed by atoms with Gasteiger partial charge in [0.15, 0.2) is 11.5 Å². The molecule has 0 amide bonds. The standard InChI is InChI=1S/C25H25N3O3/c1-29-24-16-21(8-5-14-28-15-13-26-19-28)9-11-23(24)30-17-22-18-31-25(27-22)12-10-20-6-3-2-4-7-20/h2-4,6-7,9-13,15-16,18-19H,5,8,14,17H2,1H3/b12-10+. The quantitative estimate of drug-likeness (QED) is 0.353. The van der Waals surface area contributed by atoms with Gasteiger partial charge in [-0.25, -0.2) is 9.97 Å². The number of rotatable bonds is 10. The van der Waals surface area contributed by atoms with E-state index >= 15 is 0 Å². The zero-order chi connectivity index (χ0) is 21.3. The van der Waals surface area contributed by atoms with Crippen molar-refractivity contribution in [3.63, 3.8) is 0 Å². The average Bonchev–Trinajstić information content (AvgIpc) is 3.49. The molecular formula is C25H25N3O3. The number of imidazole rings is 1. The molecule has 0 radical (unpaired) electrons. The predicted molar refractivity (Wildman–Crippen MR) is 120 cm³/mol. The third-order valence-corrected chi connectivity index (χ3v) is 4.83. The van der Waals surface area contributed by atoms with Crippen molar-refractivity contribution in [1.29, 1.82) is 0 Å². The van der Waals surface area contributed by atoms with E-state index in [2.05, 4.69) is 20.6 Å². The molecule has 0 unspecified atom stereocenters. The fourth-order valence-corrected chi connectivity index (χ4v) is 3.22. The molecule has 0 atom stereocenters. The summed E-state index contributed by atoms with van der Waals surface area (Å²) in [5.41, 5.74) is 3.02. The zero-order valence-electron chi connectivity index (χ0n) is 17.5. The van der Waals surface area contributed by atoms with Crippen LogP contribution in [0.1, 0.15) is 29.1 Å². The summed E-state index contributed by atoms with van der Waals surface area (Å²) >= 11 is 0. The van der Waals surface area contributed by atoms with E-state index in [1.165, 1.54) is 5.56 Å². The number of hydrogen-bond acceptors (Lipinski definition) is 5. The Kier molecular flexibility index (Phi) is 6.80. The van der Waals surface area contributed by atoms with Crippen molar-refractivity contribution in [1.82, 2.24) is 14.5 Å². The smallest absolute Gasteiger partial charge is 0.218 e. The van der Waals surface area contributed by atoms with E-state index in [9.17, 15) is 0 Å². The van der Waals surface area contributed by atoms with E-state index in [1.807, 2.05) is 67.1 Å². The molecule has 6 heteroatoms. The normalized spacial score (nSPS) is 11.1. The van der Waals surface area contributed by atoms with Gasteiger partial charge in [-0.2, -0.15) is 0 Å². The van der Waals surface area contributed by atoms with Crippen LogP contribution in [0.25, 0.3) is 12.2 Å². The number of aryl methyl sites for hydroxylation is 2. The summed E-state index contributed by atoms with van der Waals surface area (Å²) in [5, 5.41) is 0. The van der Waals surface area contributed by atoms with Gasteiger partial charge in [0, 0.05) is 25.0 Å². The van der Waals surface area contributed by atoms with Crippen molar-refractivity contribution >= 4 is 12.2 Å². The summed E-state index contributed by atoms with van der Waals surface area (Å²) in [6.45, 7) is 1.24. The molecule has 0 spiro atoms. The van der Waals surface area contributed by atoms with Gasteiger partial charge in [0.1, 0.15) is 18.6 Å². The van der Waals surface area contributed by atoms with Crippen molar-refractivity contribution in [3.8, 4) is 11.5 Å². The molecule has 4 aromatic rings. The van der Waals surface area contributed by atoms with Crippen molar-refractivity contribution in [2.75, 3.05) is 7.11 Å². The minimum Gasteiger partial charge on any atom is -0.493 e. The number of ether oxygens (including phenoxy) is 2. The highest BCUT2D eigenvalue weighted by Crippen LogP contribution is 2.29. The maximum absolute atomic E-state index is 5.92.